The van der Waals surface area contributed by atoms with Gasteiger partial charge < -0.3 is 19.3 Å². The highest BCUT2D eigenvalue weighted by Crippen LogP contribution is 2.55. The van der Waals surface area contributed by atoms with Crippen molar-refractivity contribution in [3.05, 3.63) is 138 Å². The van der Waals surface area contributed by atoms with Crippen LogP contribution < -0.4 is 30.1 Å². The highest BCUT2D eigenvalue weighted by molar-refractivity contribution is 7.95. The van der Waals surface area contributed by atoms with Gasteiger partial charge in [-0.15, -0.1) is 0 Å². The van der Waals surface area contributed by atoms with Gasteiger partial charge in [0.25, 0.3) is 0 Å². The van der Waals surface area contributed by atoms with Crippen LogP contribution in [0.15, 0.2) is 121 Å². The summed E-state index contributed by atoms with van der Waals surface area (Å²) in [5.41, 5.74) is 3.29. The predicted octanol–water partition coefficient (Wildman–Crippen LogP) is 8.05. The minimum atomic E-state index is -1.86. The van der Waals surface area contributed by atoms with Gasteiger partial charge >= 0.3 is 0 Å². The number of aromatic hydroxyl groups is 1. The largest absolute Gasteiger partial charge is 0.508 e. The smallest absolute Gasteiger partial charge is 0.128 e. The van der Waals surface area contributed by atoms with Crippen LogP contribution in [0.4, 0.5) is 0 Å². The van der Waals surface area contributed by atoms with Crippen molar-refractivity contribution in [3.63, 3.8) is 0 Å². The summed E-state index contributed by atoms with van der Waals surface area (Å²) in [7, 11) is 1.54. The number of ether oxygens (including phenoxy) is 3. The monoisotopic (exact) mass is 619 g/mol. The van der Waals surface area contributed by atoms with Crippen molar-refractivity contribution in [2.24, 2.45) is 0 Å². The summed E-state index contributed by atoms with van der Waals surface area (Å²) < 4.78 is 17.5. The molecular formula is C40H44O4P+. The molecule has 1 N–H and O–H groups in total. The zero-order valence-electron chi connectivity index (χ0n) is 26.6. The molecule has 0 bridgehead atoms. The van der Waals surface area contributed by atoms with E-state index in [1.807, 2.05) is 19.1 Å². The molecule has 0 unspecified atom stereocenters. The van der Waals surface area contributed by atoms with Crippen molar-refractivity contribution in [2.45, 2.75) is 39.0 Å². The first-order valence-electron chi connectivity index (χ1n) is 15.8. The third kappa shape index (κ3) is 7.52. The fourth-order valence-electron chi connectivity index (χ4n) is 6.30. The van der Waals surface area contributed by atoms with E-state index in [0.717, 1.165) is 66.6 Å². The summed E-state index contributed by atoms with van der Waals surface area (Å²) in [6, 6.07) is 42.6. The van der Waals surface area contributed by atoms with Gasteiger partial charge in [-0.1, -0.05) is 66.7 Å². The lowest BCUT2D eigenvalue weighted by atomic mass is 10.0. The molecule has 0 heterocycles. The summed E-state index contributed by atoms with van der Waals surface area (Å²) in [6.07, 6.45) is 5.65. The van der Waals surface area contributed by atoms with Crippen LogP contribution in [-0.4, -0.2) is 32.1 Å². The van der Waals surface area contributed by atoms with Crippen LogP contribution in [0.2, 0.25) is 0 Å². The Kier molecular flexibility index (Phi) is 11.2. The van der Waals surface area contributed by atoms with Crippen LogP contribution in [0, 0.1) is 6.92 Å². The van der Waals surface area contributed by atoms with Gasteiger partial charge in [-0.05, 0) is 98.7 Å². The van der Waals surface area contributed by atoms with Crippen LogP contribution in [0.3, 0.4) is 0 Å². The van der Waals surface area contributed by atoms with Crippen LogP contribution in [0.1, 0.15) is 36.0 Å². The minimum absolute atomic E-state index is 0.225. The highest BCUT2D eigenvalue weighted by Gasteiger charge is 2.44. The maximum absolute atomic E-state index is 10.3. The van der Waals surface area contributed by atoms with E-state index in [4.69, 9.17) is 14.2 Å². The number of aryl methyl sites for hydroxylation is 2. The standard InChI is InChI=1S/C40H43O4P/c1-31-38(42-2)27-25-33(40(31)43-3)17-15-16-32-24-26-34(41)30-39(32)44-28-13-14-29-45(35-18-7-4-8-19-35,36-20-9-5-10-21-36)37-22-11-6-12-23-37/h4-12,18-27,30H,13-17,28-29H2,1-3H3/p+1. The van der Waals surface area contributed by atoms with Gasteiger partial charge in [0.15, 0.2) is 0 Å². The molecule has 0 saturated heterocycles. The van der Waals surface area contributed by atoms with Gasteiger partial charge in [-0.25, -0.2) is 0 Å². The quantitative estimate of drug-likeness (QED) is 0.0952. The van der Waals surface area contributed by atoms with Crippen molar-refractivity contribution in [1.29, 1.82) is 0 Å². The van der Waals surface area contributed by atoms with Gasteiger partial charge in [0.1, 0.15) is 46.2 Å². The molecule has 0 aliphatic carbocycles. The molecule has 0 saturated carbocycles. The molecule has 45 heavy (non-hydrogen) atoms. The number of rotatable bonds is 15. The van der Waals surface area contributed by atoms with Crippen molar-refractivity contribution in [2.75, 3.05) is 27.0 Å². The lowest BCUT2D eigenvalue weighted by Gasteiger charge is -2.27. The fourth-order valence-corrected chi connectivity index (χ4v) is 10.7. The Labute approximate surface area is 269 Å². The summed E-state index contributed by atoms with van der Waals surface area (Å²) in [4.78, 5) is 0. The third-order valence-electron chi connectivity index (χ3n) is 8.54. The van der Waals surface area contributed by atoms with Crippen LogP contribution >= 0.6 is 7.26 Å². The number of methoxy groups -OCH3 is 2. The molecule has 0 aliphatic rings. The van der Waals surface area contributed by atoms with E-state index in [0.29, 0.717) is 6.61 Å². The topological polar surface area (TPSA) is 47.9 Å². The molecule has 0 amide bonds. The van der Waals surface area contributed by atoms with Gasteiger partial charge in [-0.2, -0.15) is 0 Å². The van der Waals surface area contributed by atoms with Crippen molar-refractivity contribution < 1.29 is 19.3 Å². The van der Waals surface area contributed by atoms with Crippen LogP contribution in [0.25, 0.3) is 0 Å². The number of benzene rings is 5. The van der Waals surface area contributed by atoms with E-state index in [9.17, 15) is 5.11 Å². The average Bonchev–Trinajstić information content (AvgIpc) is 3.08. The second-order valence-electron chi connectivity index (χ2n) is 11.3. The van der Waals surface area contributed by atoms with Crippen LogP contribution in [-0.2, 0) is 12.8 Å². The van der Waals surface area contributed by atoms with E-state index in [2.05, 4.69) is 97.1 Å². The average molecular weight is 620 g/mol. The molecule has 0 spiro atoms. The number of hydrogen-bond donors (Lipinski definition) is 1. The zero-order chi connectivity index (χ0) is 31.5. The van der Waals surface area contributed by atoms with Gasteiger partial charge in [0, 0.05) is 11.6 Å². The van der Waals surface area contributed by atoms with Gasteiger partial charge in [-0.3, -0.25) is 0 Å². The molecule has 5 aromatic carbocycles. The SMILES string of the molecule is COc1ccc(CCCc2ccc(O)cc2OCCCC[P+](c2ccccc2)(c2ccccc2)c2ccccc2)c(OC)c1C. The Bertz CT molecular complexity index is 1540. The molecule has 0 atom stereocenters. The molecule has 232 valence electrons. The molecule has 5 aromatic rings. The lowest BCUT2D eigenvalue weighted by molar-refractivity contribution is 0.304. The van der Waals surface area contributed by atoms with E-state index in [1.165, 1.54) is 21.5 Å². The second-order valence-corrected chi connectivity index (χ2v) is 14.9. The van der Waals surface area contributed by atoms with E-state index >= 15 is 0 Å². The van der Waals surface area contributed by atoms with E-state index in [-0.39, 0.29) is 5.75 Å². The summed E-state index contributed by atoms with van der Waals surface area (Å²) in [5.74, 6) is 2.71. The van der Waals surface area contributed by atoms with Crippen molar-refractivity contribution in [1.82, 2.24) is 0 Å². The number of phenolic OH excluding ortho intramolecular Hbond substituents is 1. The maximum Gasteiger partial charge on any atom is 0.128 e. The zero-order valence-corrected chi connectivity index (χ0v) is 27.5. The molecular weight excluding hydrogens is 575 g/mol. The summed E-state index contributed by atoms with van der Waals surface area (Å²) >= 11 is 0. The Morgan fingerprint density at radius 2 is 1.13 bits per heavy atom. The molecule has 0 fully saturated rings. The highest BCUT2D eigenvalue weighted by atomic mass is 31.2. The van der Waals surface area contributed by atoms with E-state index in [1.54, 1.807) is 26.4 Å². The van der Waals surface area contributed by atoms with Crippen LogP contribution in [0.5, 0.6) is 23.0 Å². The number of unbranched alkanes of at least 4 members (excludes halogenated alkanes) is 1. The Balaban J connectivity index is 1.26. The third-order valence-corrected chi connectivity index (χ3v) is 13.1. The fraction of sp³-hybridized carbons (Fsp3) is 0.250. The normalized spacial score (nSPS) is 11.3. The summed E-state index contributed by atoms with van der Waals surface area (Å²) in [6.45, 7) is 2.62. The molecule has 5 rings (SSSR count). The van der Waals surface area contributed by atoms with Gasteiger partial charge in [0.2, 0.25) is 0 Å². The predicted molar refractivity (Wildman–Crippen MR) is 189 cm³/mol. The maximum atomic E-state index is 10.3. The first kappa shape index (κ1) is 32.1. The number of hydrogen-bond acceptors (Lipinski definition) is 4. The minimum Gasteiger partial charge on any atom is -0.508 e. The molecule has 5 heteroatoms. The lowest BCUT2D eigenvalue weighted by Crippen LogP contribution is -2.33. The second kappa shape index (κ2) is 15.6. The first-order chi connectivity index (χ1) is 22.1. The van der Waals surface area contributed by atoms with E-state index < -0.39 is 7.26 Å². The Morgan fingerprint density at radius 3 is 1.69 bits per heavy atom. The van der Waals surface area contributed by atoms with Gasteiger partial charge in [0.05, 0.1) is 27.0 Å². The Morgan fingerprint density at radius 1 is 0.578 bits per heavy atom. The molecule has 4 nitrogen and oxygen atoms in total. The first-order valence-corrected chi connectivity index (χ1v) is 17.7. The van der Waals surface area contributed by atoms with Crippen molar-refractivity contribution >= 4 is 23.2 Å². The molecule has 0 aromatic heterocycles. The Hall–Kier alpha value is -4.27. The molecule has 0 radical (unpaired) electrons. The number of phenols is 1. The summed E-state index contributed by atoms with van der Waals surface area (Å²) in [5, 5.41) is 14.5. The van der Waals surface area contributed by atoms with Crippen molar-refractivity contribution in [3.8, 4) is 23.0 Å². The molecule has 0 aliphatic heterocycles.